The third-order valence-electron chi connectivity index (χ3n) is 3.14. The molecule has 0 bridgehead atoms. The van der Waals surface area contributed by atoms with E-state index in [0.717, 1.165) is 22.0 Å². The van der Waals surface area contributed by atoms with E-state index >= 15 is 0 Å². The number of aromatic nitrogens is 2. The van der Waals surface area contributed by atoms with Crippen LogP contribution in [0.4, 0.5) is 5.82 Å². The largest absolute Gasteiger partial charge is 0.383 e. The summed E-state index contributed by atoms with van der Waals surface area (Å²) in [5.74, 6) is 1.09. The molecule has 0 aliphatic carbocycles. The van der Waals surface area contributed by atoms with Crippen LogP contribution < -0.4 is 5.73 Å². The van der Waals surface area contributed by atoms with E-state index in [9.17, 15) is 0 Å². The monoisotopic (exact) mass is 269 g/mol. The van der Waals surface area contributed by atoms with Gasteiger partial charge in [-0.3, -0.25) is 0 Å². The second-order valence-electron chi connectivity index (χ2n) is 4.36. The third-order valence-corrected chi connectivity index (χ3v) is 3.55. The van der Waals surface area contributed by atoms with Gasteiger partial charge >= 0.3 is 0 Å². The predicted octanol–water partition coefficient (Wildman–Crippen LogP) is 3.84. The summed E-state index contributed by atoms with van der Waals surface area (Å²) in [6.07, 6.45) is 0. The normalized spacial score (nSPS) is 10.8. The highest BCUT2D eigenvalue weighted by molar-refractivity contribution is 6.31. The van der Waals surface area contributed by atoms with Crippen LogP contribution >= 0.6 is 11.6 Å². The fraction of sp³-hybridized carbons (Fsp3) is 0.0667. The molecule has 2 N–H and O–H groups in total. The number of hydrogen-bond donors (Lipinski definition) is 1. The van der Waals surface area contributed by atoms with Crippen molar-refractivity contribution in [2.24, 2.45) is 0 Å². The first kappa shape index (κ1) is 11.9. The Hall–Kier alpha value is -2.13. The number of anilines is 1. The second-order valence-corrected chi connectivity index (χ2v) is 4.77. The number of benzene rings is 2. The minimum atomic E-state index is 0.486. The number of halogens is 1. The average Bonchev–Trinajstić information content (AvgIpc) is 2.42. The zero-order valence-corrected chi connectivity index (χ0v) is 11.1. The van der Waals surface area contributed by atoms with Gasteiger partial charge in [-0.05, 0) is 30.7 Å². The van der Waals surface area contributed by atoms with Crippen LogP contribution in [0.3, 0.4) is 0 Å². The van der Waals surface area contributed by atoms with Crippen LogP contribution in [-0.4, -0.2) is 9.97 Å². The van der Waals surface area contributed by atoms with E-state index in [0.29, 0.717) is 16.7 Å². The number of nitrogens with two attached hydrogens (primary N) is 1. The Kier molecular flexibility index (Phi) is 2.84. The number of para-hydroxylation sites is 1. The molecule has 0 fully saturated rings. The first-order chi connectivity index (χ1) is 9.16. The molecule has 3 nitrogen and oxygen atoms in total. The number of fused-ring (bicyclic) bond motifs is 1. The fourth-order valence-electron chi connectivity index (χ4n) is 2.07. The van der Waals surface area contributed by atoms with E-state index in [1.54, 1.807) is 0 Å². The van der Waals surface area contributed by atoms with E-state index in [2.05, 4.69) is 9.97 Å². The topological polar surface area (TPSA) is 51.8 Å². The minimum Gasteiger partial charge on any atom is -0.383 e. The van der Waals surface area contributed by atoms with E-state index < -0.39 is 0 Å². The first-order valence-corrected chi connectivity index (χ1v) is 6.32. The lowest BCUT2D eigenvalue weighted by Crippen LogP contribution is -1.98. The molecule has 19 heavy (non-hydrogen) atoms. The molecular formula is C15H12ClN3. The van der Waals surface area contributed by atoms with Crippen LogP contribution in [0, 0.1) is 6.92 Å². The lowest BCUT2D eigenvalue weighted by Gasteiger charge is -2.08. The van der Waals surface area contributed by atoms with Gasteiger partial charge < -0.3 is 5.73 Å². The molecule has 0 aliphatic rings. The van der Waals surface area contributed by atoms with Gasteiger partial charge in [-0.1, -0.05) is 35.9 Å². The van der Waals surface area contributed by atoms with Gasteiger partial charge in [-0.2, -0.15) is 0 Å². The van der Waals surface area contributed by atoms with Gasteiger partial charge in [0.1, 0.15) is 5.82 Å². The van der Waals surface area contributed by atoms with Gasteiger partial charge in [-0.25, -0.2) is 9.97 Å². The highest BCUT2D eigenvalue weighted by atomic mass is 35.5. The standard InChI is InChI=1S/C15H12ClN3/c1-9-10(6-4-7-12(9)16)15-18-13-8-3-2-5-11(13)14(17)19-15/h2-8H,1H3,(H2,17,18,19). The maximum absolute atomic E-state index is 6.13. The molecule has 3 rings (SSSR count). The van der Waals surface area contributed by atoms with Gasteiger partial charge in [0.15, 0.2) is 5.82 Å². The Morgan fingerprint density at radius 3 is 2.63 bits per heavy atom. The van der Waals surface area contributed by atoms with Gasteiger partial charge in [0.05, 0.1) is 5.52 Å². The molecule has 1 aromatic heterocycles. The van der Waals surface area contributed by atoms with E-state index in [1.807, 2.05) is 49.4 Å². The van der Waals surface area contributed by atoms with E-state index in [4.69, 9.17) is 17.3 Å². The van der Waals surface area contributed by atoms with Crippen molar-refractivity contribution in [2.45, 2.75) is 6.92 Å². The molecule has 0 atom stereocenters. The zero-order chi connectivity index (χ0) is 13.4. The van der Waals surface area contributed by atoms with Crippen LogP contribution in [-0.2, 0) is 0 Å². The average molecular weight is 270 g/mol. The molecule has 3 aromatic rings. The fourth-order valence-corrected chi connectivity index (χ4v) is 2.25. The maximum atomic E-state index is 6.13. The molecule has 2 aromatic carbocycles. The van der Waals surface area contributed by atoms with Crippen molar-refractivity contribution >= 4 is 28.3 Å². The number of nitrogen functional groups attached to an aromatic ring is 1. The Labute approximate surface area is 116 Å². The van der Waals surface area contributed by atoms with Gasteiger partial charge in [0.2, 0.25) is 0 Å². The van der Waals surface area contributed by atoms with Crippen molar-refractivity contribution in [3.63, 3.8) is 0 Å². The summed E-state index contributed by atoms with van der Waals surface area (Å²) in [6.45, 7) is 1.95. The third kappa shape index (κ3) is 2.02. The summed E-state index contributed by atoms with van der Waals surface area (Å²) in [4.78, 5) is 8.94. The molecule has 4 heteroatoms. The van der Waals surface area contributed by atoms with Crippen molar-refractivity contribution in [1.29, 1.82) is 0 Å². The predicted molar refractivity (Wildman–Crippen MR) is 79.1 cm³/mol. The summed E-state index contributed by atoms with van der Waals surface area (Å²) < 4.78 is 0. The van der Waals surface area contributed by atoms with Gasteiger partial charge in [0.25, 0.3) is 0 Å². The van der Waals surface area contributed by atoms with Crippen molar-refractivity contribution in [3.05, 3.63) is 53.1 Å². The molecular weight excluding hydrogens is 258 g/mol. The van der Waals surface area contributed by atoms with Crippen LogP contribution in [0.5, 0.6) is 0 Å². The highest BCUT2D eigenvalue weighted by Crippen LogP contribution is 2.28. The summed E-state index contributed by atoms with van der Waals surface area (Å²) in [7, 11) is 0. The molecule has 0 saturated carbocycles. The molecule has 0 radical (unpaired) electrons. The molecule has 0 unspecified atom stereocenters. The Morgan fingerprint density at radius 1 is 1.00 bits per heavy atom. The molecule has 94 valence electrons. The van der Waals surface area contributed by atoms with Crippen LogP contribution in [0.15, 0.2) is 42.5 Å². The number of hydrogen-bond acceptors (Lipinski definition) is 3. The summed E-state index contributed by atoms with van der Waals surface area (Å²) in [6, 6.07) is 13.4. The Balaban J connectivity index is 2.29. The minimum absolute atomic E-state index is 0.486. The molecule has 0 spiro atoms. The highest BCUT2D eigenvalue weighted by Gasteiger charge is 2.10. The zero-order valence-electron chi connectivity index (χ0n) is 10.4. The van der Waals surface area contributed by atoms with Crippen LogP contribution in [0.25, 0.3) is 22.3 Å². The van der Waals surface area contributed by atoms with Crippen molar-refractivity contribution < 1.29 is 0 Å². The Bertz CT molecular complexity index is 768. The molecule has 0 aliphatic heterocycles. The SMILES string of the molecule is Cc1c(Cl)cccc1-c1nc(N)c2ccccc2n1. The van der Waals surface area contributed by atoms with Crippen molar-refractivity contribution in [3.8, 4) is 11.4 Å². The Morgan fingerprint density at radius 2 is 1.79 bits per heavy atom. The lowest BCUT2D eigenvalue weighted by atomic mass is 10.1. The molecule has 1 heterocycles. The first-order valence-electron chi connectivity index (χ1n) is 5.94. The van der Waals surface area contributed by atoms with Crippen molar-refractivity contribution in [2.75, 3.05) is 5.73 Å². The summed E-state index contributed by atoms with van der Waals surface area (Å²) in [5, 5.41) is 1.57. The quantitative estimate of drug-likeness (QED) is 0.730. The van der Waals surface area contributed by atoms with Gasteiger partial charge in [-0.15, -0.1) is 0 Å². The number of rotatable bonds is 1. The van der Waals surface area contributed by atoms with E-state index in [-0.39, 0.29) is 0 Å². The summed E-state index contributed by atoms with van der Waals surface area (Å²) >= 11 is 6.13. The second kappa shape index (κ2) is 4.52. The van der Waals surface area contributed by atoms with Crippen LogP contribution in [0.1, 0.15) is 5.56 Å². The van der Waals surface area contributed by atoms with Gasteiger partial charge in [0, 0.05) is 16.0 Å². The van der Waals surface area contributed by atoms with E-state index in [1.165, 1.54) is 0 Å². The van der Waals surface area contributed by atoms with Crippen molar-refractivity contribution in [1.82, 2.24) is 9.97 Å². The molecule has 0 amide bonds. The smallest absolute Gasteiger partial charge is 0.162 e. The maximum Gasteiger partial charge on any atom is 0.162 e. The summed E-state index contributed by atoms with van der Waals surface area (Å²) in [5.41, 5.74) is 8.70. The molecule has 0 saturated heterocycles. The van der Waals surface area contributed by atoms with Crippen LogP contribution in [0.2, 0.25) is 5.02 Å². The number of nitrogens with zero attached hydrogens (tertiary/aromatic N) is 2. The lowest BCUT2D eigenvalue weighted by molar-refractivity contribution is 1.22.